The Labute approximate surface area is 127 Å². The predicted molar refractivity (Wildman–Crippen MR) is 84.5 cm³/mol. The molecular weight excluding hydrogens is 284 g/mol. The van der Waals surface area contributed by atoms with Gasteiger partial charge in [0.25, 0.3) is 11.5 Å². The van der Waals surface area contributed by atoms with Crippen molar-refractivity contribution in [2.75, 3.05) is 11.3 Å². The average Bonchev–Trinajstić information content (AvgIpc) is 2.44. The molecule has 0 aliphatic rings. The van der Waals surface area contributed by atoms with Gasteiger partial charge in [0, 0.05) is 11.0 Å². The van der Waals surface area contributed by atoms with Gasteiger partial charge in [-0.25, -0.2) is 5.43 Å². The second kappa shape index (κ2) is 5.84. The number of hydrogen-bond donors (Lipinski definition) is 3. The van der Waals surface area contributed by atoms with E-state index >= 15 is 0 Å². The maximum Gasteiger partial charge on any atom is 0.295 e. The first kappa shape index (κ1) is 15.5. The van der Waals surface area contributed by atoms with Crippen LogP contribution in [0.4, 0.5) is 5.95 Å². The quantitative estimate of drug-likeness (QED) is 0.438. The van der Waals surface area contributed by atoms with Gasteiger partial charge in [-0.15, -0.1) is 10.2 Å². The first-order valence-corrected chi connectivity index (χ1v) is 6.63. The van der Waals surface area contributed by atoms with E-state index in [0.29, 0.717) is 5.56 Å². The molecule has 0 bridgehead atoms. The van der Waals surface area contributed by atoms with Crippen molar-refractivity contribution in [3.63, 3.8) is 0 Å². The summed E-state index contributed by atoms with van der Waals surface area (Å²) >= 11 is 0. The normalized spacial score (nSPS) is 11.8. The number of phenols is 1. The number of nitrogen functional groups attached to an aromatic ring is 1. The minimum Gasteiger partial charge on any atom is -0.507 e. The smallest absolute Gasteiger partial charge is 0.295 e. The van der Waals surface area contributed by atoms with Crippen LogP contribution >= 0.6 is 0 Å². The van der Waals surface area contributed by atoms with Crippen LogP contribution in [0.5, 0.6) is 5.75 Å². The fourth-order valence-corrected chi connectivity index (χ4v) is 1.70. The van der Waals surface area contributed by atoms with E-state index in [9.17, 15) is 9.90 Å². The fraction of sp³-hybridized carbons (Fsp3) is 0.286. The molecule has 1 aromatic heterocycles. The third-order valence-electron chi connectivity index (χ3n) is 2.91. The summed E-state index contributed by atoms with van der Waals surface area (Å²) in [5.74, 6) is 5.80. The molecule has 0 aliphatic heterocycles. The number of benzene rings is 1. The first-order valence-electron chi connectivity index (χ1n) is 6.63. The fourth-order valence-electron chi connectivity index (χ4n) is 1.70. The van der Waals surface area contributed by atoms with Crippen LogP contribution in [-0.4, -0.2) is 26.2 Å². The number of phenolic OH excluding ortho intramolecular Hbond substituents is 1. The highest BCUT2D eigenvalue weighted by Crippen LogP contribution is 2.16. The van der Waals surface area contributed by atoms with Gasteiger partial charge in [0.1, 0.15) is 11.4 Å². The summed E-state index contributed by atoms with van der Waals surface area (Å²) in [6, 6.07) is 6.69. The zero-order valence-electron chi connectivity index (χ0n) is 12.6. The Morgan fingerprint density at radius 1 is 1.32 bits per heavy atom. The minimum absolute atomic E-state index is 0.00432. The zero-order valence-corrected chi connectivity index (χ0v) is 12.6. The number of nitrogens with two attached hydrogens (primary N) is 1. The molecule has 0 fully saturated rings. The third kappa shape index (κ3) is 3.22. The Kier molecular flexibility index (Phi) is 4.11. The van der Waals surface area contributed by atoms with E-state index in [-0.39, 0.29) is 17.4 Å². The summed E-state index contributed by atoms with van der Waals surface area (Å²) in [4.78, 5) is 12.1. The third-order valence-corrected chi connectivity index (χ3v) is 2.91. The molecule has 4 N–H and O–H groups in total. The van der Waals surface area contributed by atoms with Gasteiger partial charge in [0.05, 0.1) is 6.21 Å². The molecule has 8 heteroatoms. The Morgan fingerprint density at radius 3 is 2.64 bits per heavy atom. The number of rotatable bonds is 3. The van der Waals surface area contributed by atoms with E-state index in [1.807, 2.05) is 20.8 Å². The molecule has 0 saturated heterocycles. The molecule has 0 spiro atoms. The minimum atomic E-state index is -0.456. The van der Waals surface area contributed by atoms with Crippen molar-refractivity contribution in [1.29, 1.82) is 0 Å². The predicted octanol–water partition coefficient (Wildman–Crippen LogP) is 0.801. The van der Waals surface area contributed by atoms with Crippen LogP contribution in [0.1, 0.15) is 32.0 Å². The van der Waals surface area contributed by atoms with Gasteiger partial charge in [0.15, 0.2) is 0 Å². The first-order chi connectivity index (χ1) is 10.3. The van der Waals surface area contributed by atoms with Crippen molar-refractivity contribution in [2.24, 2.45) is 5.10 Å². The Morgan fingerprint density at radius 2 is 2.00 bits per heavy atom. The van der Waals surface area contributed by atoms with Crippen molar-refractivity contribution in [3.05, 3.63) is 45.9 Å². The maximum absolute atomic E-state index is 12.1. The zero-order chi connectivity index (χ0) is 16.3. The van der Waals surface area contributed by atoms with E-state index in [0.717, 1.165) is 4.68 Å². The molecule has 1 aromatic carbocycles. The molecular formula is C14H18N6O2. The van der Waals surface area contributed by atoms with Crippen molar-refractivity contribution >= 4 is 12.2 Å². The van der Waals surface area contributed by atoms with Gasteiger partial charge in [-0.1, -0.05) is 32.9 Å². The number of nitrogens with zero attached hydrogens (tertiary/aromatic N) is 4. The molecule has 0 atom stereocenters. The van der Waals surface area contributed by atoms with Gasteiger partial charge in [0.2, 0.25) is 0 Å². The van der Waals surface area contributed by atoms with Gasteiger partial charge in [-0.3, -0.25) is 4.79 Å². The van der Waals surface area contributed by atoms with E-state index in [4.69, 9.17) is 5.84 Å². The number of para-hydroxylation sites is 1. The number of aromatic hydroxyl groups is 1. The molecule has 22 heavy (non-hydrogen) atoms. The molecule has 2 rings (SSSR count). The lowest BCUT2D eigenvalue weighted by molar-refractivity contribution is 0.474. The second-order valence-electron chi connectivity index (χ2n) is 5.73. The largest absolute Gasteiger partial charge is 0.507 e. The molecule has 2 aromatic rings. The molecule has 116 valence electrons. The monoisotopic (exact) mass is 302 g/mol. The molecule has 8 nitrogen and oxygen atoms in total. The van der Waals surface area contributed by atoms with Crippen LogP contribution in [0.2, 0.25) is 0 Å². The summed E-state index contributed by atoms with van der Waals surface area (Å²) < 4.78 is 0.857. The van der Waals surface area contributed by atoms with Crippen molar-refractivity contribution in [3.8, 4) is 5.75 Å². The van der Waals surface area contributed by atoms with Crippen LogP contribution < -0.4 is 16.8 Å². The second-order valence-corrected chi connectivity index (χ2v) is 5.73. The van der Waals surface area contributed by atoms with Crippen molar-refractivity contribution in [1.82, 2.24) is 14.9 Å². The number of nitrogens with one attached hydrogen (secondary N) is 1. The highest BCUT2D eigenvalue weighted by molar-refractivity contribution is 5.83. The summed E-state index contributed by atoms with van der Waals surface area (Å²) in [6.45, 7) is 5.55. The van der Waals surface area contributed by atoms with Crippen LogP contribution in [0, 0.1) is 0 Å². The van der Waals surface area contributed by atoms with Gasteiger partial charge >= 0.3 is 0 Å². The summed E-state index contributed by atoms with van der Waals surface area (Å²) in [7, 11) is 0. The summed E-state index contributed by atoms with van der Waals surface area (Å²) in [5.41, 5.74) is 2.42. The molecule has 0 radical (unpaired) electrons. The van der Waals surface area contributed by atoms with Crippen LogP contribution in [-0.2, 0) is 5.41 Å². The molecule has 0 aliphatic carbocycles. The molecule has 0 saturated carbocycles. The highest BCUT2D eigenvalue weighted by Gasteiger charge is 2.22. The maximum atomic E-state index is 12.1. The number of anilines is 1. The van der Waals surface area contributed by atoms with Gasteiger partial charge in [-0.05, 0) is 12.1 Å². The summed E-state index contributed by atoms with van der Waals surface area (Å²) in [6.07, 6.45) is 1.39. The lowest BCUT2D eigenvalue weighted by Crippen LogP contribution is -2.38. The number of hydrazone groups is 1. The van der Waals surface area contributed by atoms with Crippen LogP contribution in [0.15, 0.2) is 34.2 Å². The van der Waals surface area contributed by atoms with Gasteiger partial charge in [-0.2, -0.15) is 9.78 Å². The van der Waals surface area contributed by atoms with Gasteiger partial charge < -0.3 is 10.9 Å². The Hall–Kier alpha value is -2.90. The van der Waals surface area contributed by atoms with Crippen molar-refractivity contribution in [2.45, 2.75) is 26.2 Å². The van der Waals surface area contributed by atoms with E-state index < -0.39 is 11.0 Å². The van der Waals surface area contributed by atoms with Crippen molar-refractivity contribution < 1.29 is 5.11 Å². The van der Waals surface area contributed by atoms with E-state index in [1.165, 1.54) is 12.3 Å². The number of hydrogen-bond acceptors (Lipinski definition) is 7. The lowest BCUT2D eigenvalue weighted by Gasteiger charge is -2.16. The molecule has 0 unspecified atom stereocenters. The van der Waals surface area contributed by atoms with E-state index in [2.05, 4.69) is 20.7 Å². The van der Waals surface area contributed by atoms with Crippen LogP contribution in [0.3, 0.4) is 0 Å². The standard InChI is InChI=1S/C14H18N6O2/c1-14(2,3)11-12(22)20(15)13(19-17-11)18-16-8-9-6-4-5-7-10(9)21/h4-8,21H,15H2,1-3H3,(H,18,19)/b16-8-. The Balaban J connectivity index is 2.23. The number of aromatic nitrogens is 3. The van der Waals surface area contributed by atoms with E-state index in [1.54, 1.807) is 18.2 Å². The topological polar surface area (TPSA) is 118 Å². The highest BCUT2D eigenvalue weighted by atomic mass is 16.3. The SMILES string of the molecule is CC(C)(C)c1nnc(N/N=C\c2ccccc2O)n(N)c1=O. The average molecular weight is 302 g/mol. The molecule has 0 amide bonds. The van der Waals surface area contributed by atoms with Crippen LogP contribution in [0.25, 0.3) is 0 Å². The molecule has 1 heterocycles. The Bertz CT molecular complexity index is 761. The summed E-state index contributed by atoms with van der Waals surface area (Å²) in [5, 5.41) is 21.3. The lowest BCUT2D eigenvalue weighted by atomic mass is 9.93.